The minimum atomic E-state index is -0.793. The van der Waals surface area contributed by atoms with E-state index in [4.69, 9.17) is 11.6 Å². The van der Waals surface area contributed by atoms with E-state index in [0.29, 0.717) is 27.8 Å². The molecule has 2 aromatic carbocycles. The summed E-state index contributed by atoms with van der Waals surface area (Å²) < 4.78 is 14.6. The summed E-state index contributed by atoms with van der Waals surface area (Å²) in [6.07, 6.45) is -0.0308. The summed E-state index contributed by atoms with van der Waals surface area (Å²) in [6.45, 7) is 0. The monoisotopic (exact) mass is 384 g/mol. The van der Waals surface area contributed by atoms with Crippen LogP contribution >= 0.6 is 11.6 Å². The van der Waals surface area contributed by atoms with Gasteiger partial charge in [-0.1, -0.05) is 11.6 Å². The van der Waals surface area contributed by atoms with Crippen LogP contribution in [-0.2, 0) is 9.59 Å². The Morgan fingerprint density at radius 2 is 1.89 bits per heavy atom. The fraction of sp³-hybridized carbons (Fsp3) is 0.105. The van der Waals surface area contributed by atoms with Crippen molar-refractivity contribution in [3.63, 3.8) is 0 Å². The maximum absolute atomic E-state index is 13.1. The summed E-state index contributed by atoms with van der Waals surface area (Å²) in [7, 11) is 0. The molecule has 6 nitrogen and oxygen atoms in total. The van der Waals surface area contributed by atoms with Gasteiger partial charge in [-0.3, -0.25) is 9.59 Å². The number of hydrogen-bond donors (Lipinski definition) is 2. The van der Waals surface area contributed by atoms with Crippen molar-refractivity contribution in [1.82, 2.24) is 9.78 Å². The molecule has 27 heavy (non-hydrogen) atoms. The largest absolute Gasteiger partial charge is 0.324 e. The Bertz CT molecular complexity index is 1020. The number of hydrogen-bond acceptors (Lipinski definition) is 3. The zero-order valence-electron chi connectivity index (χ0n) is 13.9. The summed E-state index contributed by atoms with van der Waals surface area (Å²) >= 11 is 5.85. The highest BCUT2D eigenvalue weighted by Crippen LogP contribution is 2.30. The number of aromatic nitrogens is 2. The van der Waals surface area contributed by atoms with Gasteiger partial charge in [-0.15, -0.1) is 0 Å². The molecule has 136 valence electrons. The minimum Gasteiger partial charge on any atom is -0.324 e. The molecule has 0 fully saturated rings. The molecule has 1 aliphatic rings. The average Bonchev–Trinajstić information content (AvgIpc) is 3.07. The lowest BCUT2D eigenvalue weighted by Crippen LogP contribution is -2.35. The predicted octanol–water partition coefficient (Wildman–Crippen LogP) is 3.86. The van der Waals surface area contributed by atoms with E-state index >= 15 is 0 Å². The number of carbonyl (C=O) groups is 2. The highest BCUT2D eigenvalue weighted by Gasteiger charge is 2.32. The van der Waals surface area contributed by atoms with Gasteiger partial charge >= 0.3 is 0 Å². The lowest BCUT2D eigenvalue weighted by atomic mass is 10.1. The summed E-state index contributed by atoms with van der Waals surface area (Å²) in [5, 5.41) is 10.5. The van der Waals surface area contributed by atoms with Crippen molar-refractivity contribution in [2.24, 2.45) is 0 Å². The van der Waals surface area contributed by atoms with Crippen LogP contribution in [0.5, 0.6) is 0 Å². The predicted molar refractivity (Wildman–Crippen MR) is 100.0 cm³/mol. The number of nitrogens with zero attached hydrogens (tertiary/aromatic N) is 2. The van der Waals surface area contributed by atoms with Gasteiger partial charge in [0.1, 0.15) is 17.7 Å². The quantitative estimate of drug-likeness (QED) is 0.719. The van der Waals surface area contributed by atoms with Crippen molar-refractivity contribution in [2.45, 2.75) is 12.5 Å². The van der Waals surface area contributed by atoms with Crippen LogP contribution in [-0.4, -0.2) is 21.6 Å². The first kappa shape index (κ1) is 17.2. The van der Waals surface area contributed by atoms with E-state index in [1.165, 1.54) is 16.8 Å². The Kier molecular flexibility index (Phi) is 4.37. The molecule has 2 N–H and O–H groups in total. The van der Waals surface area contributed by atoms with E-state index in [0.717, 1.165) is 0 Å². The summed E-state index contributed by atoms with van der Waals surface area (Å²) in [5.74, 6) is -0.565. The molecule has 2 amide bonds. The van der Waals surface area contributed by atoms with Gasteiger partial charge in [-0.25, -0.2) is 9.07 Å². The Balaban J connectivity index is 1.63. The number of nitrogens with one attached hydrogen (secondary N) is 2. The molecule has 0 bridgehead atoms. The summed E-state index contributed by atoms with van der Waals surface area (Å²) in [5.41, 5.74) is 1.80. The van der Waals surface area contributed by atoms with E-state index in [9.17, 15) is 14.0 Å². The molecule has 0 aliphatic carbocycles. The SMILES string of the molecule is O=C1C[C@H](C(=O)Nc2ccc(Cl)cc2)n2nc(-c3ccc(F)cc3)cc2N1. The Labute approximate surface area is 158 Å². The molecular weight excluding hydrogens is 371 g/mol. The molecule has 3 aromatic rings. The third-order valence-corrected chi connectivity index (χ3v) is 4.48. The van der Waals surface area contributed by atoms with Gasteiger partial charge in [0.2, 0.25) is 11.8 Å². The Morgan fingerprint density at radius 3 is 2.59 bits per heavy atom. The Hall–Kier alpha value is -3.19. The minimum absolute atomic E-state index is 0.0308. The van der Waals surface area contributed by atoms with Gasteiger partial charge in [0.15, 0.2) is 0 Å². The van der Waals surface area contributed by atoms with Gasteiger partial charge in [-0.2, -0.15) is 5.10 Å². The fourth-order valence-corrected chi connectivity index (χ4v) is 3.03. The lowest BCUT2D eigenvalue weighted by Gasteiger charge is -2.23. The molecule has 1 aromatic heterocycles. The molecule has 0 spiro atoms. The van der Waals surface area contributed by atoms with Crippen LogP contribution in [0.3, 0.4) is 0 Å². The van der Waals surface area contributed by atoms with Crippen LogP contribution in [0.2, 0.25) is 5.02 Å². The molecule has 8 heteroatoms. The first-order valence-corrected chi connectivity index (χ1v) is 8.59. The number of carbonyl (C=O) groups excluding carboxylic acids is 2. The van der Waals surface area contributed by atoms with Crippen molar-refractivity contribution in [2.75, 3.05) is 10.6 Å². The second kappa shape index (κ2) is 6.85. The molecule has 0 radical (unpaired) electrons. The summed E-state index contributed by atoms with van der Waals surface area (Å²) in [4.78, 5) is 24.7. The maximum Gasteiger partial charge on any atom is 0.249 e. The second-order valence-electron chi connectivity index (χ2n) is 6.13. The van der Waals surface area contributed by atoms with Gasteiger partial charge in [-0.05, 0) is 48.5 Å². The third kappa shape index (κ3) is 3.54. The molecule has 4 rings (SSSR count). The van der Waals surface area contributed by atoms with Crippen molar-refractivity contribution in [1.29, 1.82) is 0 Å². The van der Waals surface area contributed by atoms with E-state index in [1.54, 1.807) is 42.5 Å². The molecule has 1 aliphatic heterocycles. The molecule has 0 unspecified atom stereocenters. The van der Waals surface area contributed by atoms with Gasteiger partial charge in [0.05, 0.1) is 12.1 Å². The number of anilines is 2. The zero-order chi connectivity index (χ0) is 19.0. The van der Waals surface area contributed by atoms with Gasteiger partial charge < -0.3 is 10.6 Å². The molecule has 0 saturated heterocycles. The standard InChI is InChI=1S/C19H14ClFN4O2/c20-12-3-7-14(8-4-12)22-19(27)16-10-18(26)23-17-9-15(24-25(16)17)11-1-5-13(21)6-2-11/h1-9,16H,10H2,(H,22,27)(H,23,26)/t16-/m1/s1. The van der Waals surface area contributed by atoms with Crippen LogP contribution in [0.25, 0.3) is 11.3 Å². The number of rotatable bonds is 3. The zero-order valence-corrected chi connectivity index (χ0v) is 14.7. The average molecular weight is 385 g/mol. The molecule has 1 atom stereocenters. The van der Waals surface area contributed by atoms with Crippen molar-refractivity contribution < 1.29 is 14.0 Å². The number of amides is 2. The van der Waals surface area contributed by atoms with Crippen molar-refractivity contribution >= 4 is 34.9 Å². The first-order chi connectivity index (χ1) is 13.0. The van der Waals surface area contributed by atoms with Crippen LogP contribution in [0.15, 0.2) is 54.6 Å². The Morgan fingerprint density at radius 1 is 1.19 bits per heavy atom. The van der Waals surface area contributed by atoms with Crippen LogP contribution in [0.4, 0.5) is 15.9 Å². The van der Waals surface area contributed by atoms with E-state index in [1.807, 2.05) is 0 Å². The van der Waals surface area contributed by atoms with Crippen molar-refractivity contribution in [3.05, 3.63) is 65.4 Å². The highest BCUT2D eigenvalue weighted by atomic mass is 35.5. The number of fused-ring (bicyclic) bond motifs is 1. The highest BCUT2D eigenvalue weighted by molar-refractivity contribution is 6.30. The maximum atomic E-state index is 13.1. The number of benzene rings is 2. The van der Waals surface area contributed by atoms with Gasteiger partial charge in [0, 0.05) is 22.3 Å². The topological polar surface area (TPSA) is 76.0 Å². The smallest absolute Gasteiger partial charge is 0.249 e. The summed E-state index contributed by atoms with van der Waals surface area (Å²) in [6, 6.07) is 13.4. The van der Waals surface area contributed by atoms with E-state index < -0.39 is 6.04 Å². The fourth-order valence-electron chi connectivity index (χ4n) is 2.91. The lowest BCUT2D eigenvalue weighted by molar-refractivity contribution is -0.125. The van der Waals surface area contributed by atoms with E-state index in [2.05, 4.69) is 15.7 Å². The number of halogens is 2. The normalized spacial score (nSPS) is 15.8. The van der Waals surface area contributed by atoms with Crippen LogP contribution in [0, 0.1) is 5.82 Å². The molecular formula is C19H14ClFN4O2. The van der Waals surface area contributed by atoms with Crippen LogP contribution in [0.1, 0.15) is 12.5 Å². The second-order valence-corrected chi connectivity index (χ2v) is 6.57. The molecule has 0 saturated carbocycles. The van der Waals surface area contributed by atoms with Crippen molar-refractivity contribution in [3.8, 4) is 11.3 Å². The van der Waals surface area contributed by atoms with Gasteiger partial charge in [0.25, 0.3) is 0 Å². The third-order valence-electron chi connectivity index (χ3n) is 4.23. The van der Waals surface area contributed by atoms with E-state index in [-0.39, 0.29) is 24.1 Å². The molecule has 2 heterocycles. The van der Waals surface area contributed by atoms with Crippen LogP contribution < -0.4 is 10.6 Å². The first-order valence-electron chi connectivity index (χ1n) is 8.21.